The van der Waals surface area contributed by atoms with Crippen molar-refractivity contribution in [1.29, 1.82) is 0 Å². The fraction of sp³-hybridized carbons (Fsp3) is 0.111. The topological polar surface area (TPSA) is 63.6 Å². The van der Waals surface area contributed by atoms with Crippen molar-refractivity contribution in [3.63, 3.8) is 0 Å². The number of carbonyl (C=O) groups is 2. The number of carboxylic acid groups (broad SMARTS) is 1. The van der Waals surface area contributed by atoms with E-state index in [9.17, 15) is 9.59 Å². The number of aromatic carboxylic acids is 1. The lowest BCUT2D eigenvalue weighted by molar-refractivity contribution is -0.0000322. The summed E-state index contributed by atoms with van der Waals surface area (Å²) in [6, 6.07) is 5.54. The monoisotopic (exact) mass is 215 g/mol. The van der Waals surface area contributed by atoms with Crippen molar-refractivity contribution in [2.45, 2.75) is 0 Å². The van der Waals surface area contributed by atoms with Crippen LogP contribution in [0.3, 0.4) is 0 Å². The summed E-state index contributed by atoms with van der Waals surface area (Å²) in [5.41, 5.74) is 0.486. The molecule has 1 rings (SSSR count). The van der Waals surface area contributed by atoms with Crippen LogP contribution < -0.4 is 12.4 Å². The number of carboxylic acids is 1. The molecule has 0 bridgehead atoms. The van der Waals surface area contributed by atoms with Crippen LogP contribution >= 0.6 is 0 Å². The average molecular weight is 216 g/mol. The van der Waals surface area contributed by atoms with Gasteiger partial charge in [0.25, 0.3) is 0 Å². The molecule has 0 aromatic heterocycles. The summed E-state index contributed by atoms with van der Waals surface area (Å²) in [4.78, 5) is 21.4. The van der Waals surface area contributed by atoms with Crippen LogP contribution in [-0.4, -0.2) is 24.2 Å². The van der Waals surface area contributed by atoms with Crippen LogP contribution in [0.2, 0.25) is 0 Å². The average Bonchev–Trinajstić information content (AvgIpc) is 2.17. The standard InChI is InChI=1S/C9H8O4.ClH/c1-13-9(12)7-4-2-6(3-5-7)8(10)11;/h2-5H,1H3,(H,10,11);1H/p-1. The minimum absolute atomic E-state index is 0. The lowest BCUT2D eigenvalue weighted by atomic mass is 10.1. The highest BCUT2D eigenvalue weighted by atomic mass is 35.5. The van der Waals surface area contributed by atoms with Crippen LogP contribution in [-0.2, 0) is 4.74 Å². The number of methoxy groups -OCH3 is 1. The van der Waals surface area contributed by atoms with Gasteiger partial charge in [0.2, 0.25) is 0 Å². The molecule has 0 aliphatic heterocycles. The molecule has 0 saturated carbocycles. The Morgan fingerprint density at radius 3 is 1.93 bits per heavy atom. The van der Waals surface area contributed by atoms with Gasteiger partial charge in [-0.3, -0.25) is 0 Å². The third-order valence-corrected chi connectivity index (χ3v) is 1.55. The van der Waals surface area contributed by atoms with Gasteiger partial charge in [0, 0.05) is 0 Å². The Morgan fingerprint density at radius 2 is 1.57 bits per heavy atom. The van der Waals surface area contributed by atoms with Crippen LogP contribution in [0, 0.1) is 0 Å². The lowest BCUT2D eigenvalue weighted by Crippen LogP contribution is -3.00. The molecule has 5 heteroatoms. The molecule has 76 valence electrons. The highest BCUT2D eigenvalue weighted by Crippen LogP contribution is 2.05. The fourth-order valence-electron chi connectivity index (χ4n) is 0.867. The van der Waals surface area contributed by atoms with Crippen LogP contribution in [0.4, 0.5) is 0 Å². The van der Waals surface area contributed by atoms with Crippen molar-refractivity contribution in [2.24, 2.45) is 0 Å². The molecule has 0 saturated heterocycles. The first-order chi connectivity index (χ1) is 6.15. The normalized spacial score (nSPS) is 8.64. The molecule has 0 spiro atoms. The minimum Gasteiger partial charge on any atom is -1.00 e. The molecule has 1 N–H and O–H groups in total. The van der Waals surface area contributed by atoms with Crippen molar-refractivity contribution in [1.82, 2.24) is 0 Å². The quantitative estimate of drug-likeness (QED) is 0.590. The maximum Gasteiger partial charge on any atom is 0.337 e. The van der Waals surface area contributed by atoms with Gasteiger partial charge in [-0.2, -0.15) is 0 Å². The second kappa shape index (κ2) is 5.24. The number of benzene rings is 1. The molecule has 0 heterocycles. The van der Waals surface area contributed by atoms with Crippen molar-refractivity contribution in [2.75, 3.05) is 7.11 Å². The van der Waals surface area contributed by atoms with Gasteiger partial charge in [-0.05, 0) is 24.3 Å². The van der Waals surface area contributed by atoms with Crippen molar-refractivity contribution in [3.8, 4) is 0 Å². The van der Waals surface area contributed by atoms with Crippen LogP contribution in [0.15, 0.2) is 24.3 Å². The van der Waals surface area contributed by atoms with Gasteiger partial charge in [-0.25, -0.2) is 9.59 Å². The summed E-state index contributed by atoms with van der Waals surface area (Å²) in [6.45, 7) is 0. The first-order valence-electron chi connectivity index (χ1n) is 3.57. The Labute approximate surface area is 86.9 Å². The summed E-state index contributed by atoms with van der Waals surface area (Å²) in [7, 11) is 1.27. The van der Waals surface area contributed by atoms with E-state index in [-0.39, 0.29) is 18.0 Å². The molecule has 0 aliphatic rings. The molecule has 0 atom stereocenters. The zero-order chi connectivity index (χ0) is 9.84. The predicted molar refractivity (Wildman–Crippen MR) is 44.7 cm³/mol. The van der Waals surface area contributed by atoms with Crippen LogP contribution in [0.1, 0.15) is 20.7 Å². The molecule has 1 aromatic rings. The zero-order valence-corrected chi connectivity index (χ0v) is 8.12. The molecule has 0 fully saturated rings. The number of hydrogen-bond acceptors (Lipinski definition) is 3. The molecule has 1 aromatic carbocycles. The summed E-state index contributed by atoms with van der Waals surface area (Å²) in [6.07, 6.45) is 0. The predicted octanol–water partition coefficient (Wildman–Crippen LogP) is -1.82. The molecule has 0 aliphatic carbocycles. The van der Waals surface area contributed by atoms with E-state index in [0.717, 1.165) is 0 Å². The van der Waals surface area contributed by atoms with Crippen molar-refractivity contribution < 1.29 is 31.8 Å². The third-order valence-electron chi connectivity index (χ3n) is 1.55. The summed E-state index contributed by atoms with van der Waals surface area (Å²) in [5.74, 6) is -1.49. The number of ether oxygens (including phenoxy) is 1. The van der Waals surface area contributed by atoms with Gasteiger partial charge in [-0.15, -0.1) is 0 Å². The molecular weight excluding hydrogens is 208 g/mol. The maximum atomic E-state index is 10.9. The Bertz CT molecular complexity index is 331. The van der Waals surface area contributed by atoms with Gasteiger partial charge in [-0.1, -0.05) is 0 Å². The first kappa shape index (κ1) is 12.4. The molecular formula is C9H8ClO4-. The van der Waals surface area contributed by atoms with E-state index in [0.29, 0.717) is 5.56 Å². The second-order valence-electron chi connectivity index (χ2n) is 2.37. The Balaban J connectivity index is 0.00000169. The minimum atomic E-state index is -1.02. The SMILES string of the molecule is COC(=O)c1ccc(C(=O)O)cc1.[Cl-]. The van der Waals surface area contributed by atoms with Crippen molar-refractivity contribution in [3.05, 3.63) is 35.4 Å². The van der Waals surface area contributed by atoms with E-state index < -0.39 is 11.9 Å². The zero-order valence-electron chi connectivity index (χ0n) is 7.36. The molecule has 0 amide bonds. The smallest absolute Gasteiger partial charge is 0.337 e. The van der Waals surface area contributed by atoms with E-state index in [2.05, 4.69) is 4.74 Å². The number of rotatable bonds is 2. The number of carbonyl (C=O) groups excluding carboxylic acids is 1. The van der Waals surface area contributed by atoms with Crippen LogP contribution in [0.5, 0.6) is 0 Å². The van der Waals surface area contributed by atoms with Gasteiger partial charge in [0.1, 0.15) is 0 Å². The third kappa shape index (κ3) is 2.74. The van der Waals surface area contributed by atoms with E-state index in [1.165, 1.54) is 31.4 Å². The number of halogens is 1. The summed E-state index contributed by atoms with van der Waals surface area (Å²) in [5, 5.41) is 8.56. The highest BCUT2D eigenvalue weighted by Gasteiger charge is 2.06. The Morgan fingerprint density at radius 1 is 1.14 bits per heavy atom. The highest BCUT2D eigenvalue weighted by molar-refractivity contribution is 5.92. The van der Waals surface area contributed by atoms with Gasteiger partial charge < -0.3 is 22.3 Å². The van der Waals surface area contributed by atoms with E-state index >= 15 is 0 Å². The van der Waals surface area contributed by atoms with Crippen LogP contribution in [0.25, 0.3) is 0 Å². The van der Waals surface area contributed by atoms with E-state index in [1.54, 1.807) is 0 Å². The number of hydrogen-bond donors (Lipinski definition) is 1. The Hall–Kier alpha value is -1.55. The second-order valence-corrected chi connectivity index (χ2v) is 2.37. The van der Waals surface area contributed by atoms with Gasteiger partial charge in [0.05, 0.1) is 18.2 Å². The first-order valence-corrected chi connectivity index (χ1v) is 3.57. The lowest BCUT2D eigenvalue weighted by Gasteiger charge is -1.98. The molecule has 0 radical (unpaired) electrons. The largest absolute Gasteiger partial charge is 1.00 e. The maximum absolute atomic E-state index is 10.9. The van der Waals surface area contributed by atoms with Crippen molar-refractivity contribution >= 4 is 11.9 Å². The molecule has 14 heavy (non-hydrogen) atoms. The molecule has 4 nitrogen and oxygen atoms in total. The molecule has 0 unspecified atom stereocenters. The summed E-state index contributed by atoms with van der Waals surface area (Å²) < 4.78 is 4.45. The Kier molecular flexibility index (Phi) is 4.66. The number of esters is 1. The van der Waals surface area contributed by atoms with E-state index in [4.69, 9.17) is 5.11 Å². The fourth-order valence-corrected chi connectivity index (χ4v) is 0.867. The van der Waals surface area contributed by atoms with Gasteiger partial charge >= 0.3 is 11.9 Å². The van der Waals surface area contributed by atoms with E-state index in [1.807, 2.05) is 0 Å². The van der Waals surface area contributed by atoms with Gasteiger partial charge in [0.15, 0.2) is 0 Å². The summed E-state index contributed by atoms with van der Waals surface area (Å²) >= 11 is 0.